The van der Waals surface area contributed by atoms with Gasteiger partial charge in [-0.1, -0.05) is 86.7 Å². The zero-order chi connectivity index (χ0) is 15.5. The third-order valence-electron chi connectivity index (χ3n) is 4.95. The first kappa shape index (κ1) is 15.1. The predicted molar refractivity (Wildman–Crippen MR) is 94.9 cm³/mol. The molecular formula is C22H26. The molecule has 0 amide bonds. The van der Waals surface area contributed by atoms with Gasteiger partial charge in [0.1, 0.15) is 0 Å². The van der Waals surface area contributed by atoms with Gasteiger partial charge >= 0.3 is 0 Å². The van der Waals surface area contributed by atoms with E-state index in [0.717, 1.165) is 12.8 Å². The van der Waals surface area contributed by atoms with Crippen molar-refractivity contribution in [2.45, 2.75) is 39.5 Å². The largest absolute Gasteiger partial charge is 0.0823 e. The highest BCUT2D eigenvalue weighted by Gasteiger charge is 2.34. The van der Waals surface area contributed by atoms with E-state index in [0.29, 0.717) is 5.41 Å². The molecule has 0 saturated heterocycles. The van der Waals surface area contributed by atoms with Crippen molar-refractivity contribution in [3.63, 3.8) is 0 Å². The van der Waals surface area contributed by atoms with Crippen molar-refractivity contribution in [2.75, 3.05) is 0 Å². The van der Waals surface area contributed by atoms with Gasteiger partial charge in [0.05, 0.1) is 0 Å². The van der Waals surface area contributed by atoms with Gasteiger partial charge in [0, 0.05) is 0 Å². The van der Waals surface area contributed by atoms with Crippen LogP contribution in [0.25, 0.3) is 0 Å². The first-order valence-corrected chi connectivity index (χ1v) is 8.35. The zero-order valence-electron chi connectivity index (χ0n) is 13.8. The maximum Gasteiger partial charge on any atom is -0.00370 e. The van der Waals surface area contributed by atoms with E-state index in [-0.39, 0.29) is 5.41 Å². The Morgan fingerprint density at radius 2 is 1.18 bits per heavy atom. The quantitative estimate of drug-likeness (QED) is 0.621. The Kier molecular flexibility index (Phi) is 4.20. The third-order valence-corrected chi connectivity index (χ3v) is 4.95. The molecular weight excluding hydrogens is 264 g/mol. The number of hydrogen-bond acceptors (Lipinski definition) is 0. The normalized spacial score (nSPS) is 19.0. The lowest BCUT2D eigenvalue weighted by Gasteiger charge is -2.39. The van der Waals surface area contributed by atoms with Crippen LogP contribution in [-0.4, -0.2) is 0 Å². The van der Waals surface area contributed by atoms with Crippen LogP contribution in [-0.2, 0) is 12.8 Å². The Hall–Kier alpha value is -1.82. The lowest BCUT2D eigenvalue weighted by molar-refractivity contribution is 0.254. The standard InChI is InChI=1S/C22H26/c1-21(2)13-15-22(16-14-21,17-19-9-5-3-6-10-19)18-20-11-7-4-8-12-20/h3-13,15H,14,16-18H2,1-2H3. The Morgan fingerprint density at radius 3 is 1.59 bits per heavy atom. The SMILES string of the molecule is CC1(C)C=CC(Cc2ccccc2)(Cc2ccccc2)CC1. The van der Waals surface area contributed by atoms with E-state index in [4.69, 9.17) is 0 Å². The summed E-state index contributed by atoms with van der Waals surface area (Å²) < 4.78 is 0. The van der Waals surface area contributed by atoms with Crippen LogP contribution in [0.2, 0.25) is 0 Å². The average Bonchev–Trinajstić information content (AvgIpc) is 2.53. The van der Waals surface area contributed by atoms with Crippen molar-refractivity contribution in [3.05, 3.63) is 83.9 Å². The van der Waals surface area contributed by atoms with Gasteiger partial charge in [-0.05, 0) is 47.6 Å². The summed E-state index contributed by atoms with van der Waals surface area (Å²) in [4.78, 5) is 0. The first-order valence-electron chi connectivity index (χ1n) is 8.35. The molecule has 0 aromatic heterocycles. The van der Waals surface area contributed by atoms with Crippen LogP contribution < -0.4 is 0 Å². The van der Waals surface area contributed by atoms with Crippen LogP contribution in [0.15, 0.2) is 72.8 Å². The Morgan fingerprint density at radius 1 is 0.682 bits per heavy atom. The van der Waals surface area contributed by atoms with E-state index in [2.05, 4.69) is 86.7 Å². The highest BCUT2D eigenvalue weighted by atomic mass is 14.4. The summed E-state index contributed by atoms with van der Waals surface area (Å²) in [5.74, 6) is 0. The number of allylic oxidation sites excluding steroid dienone is 2. The van der Waals surface area contributed by atoms with Crippen LogP contribution in [0.5, 0.6) is 0 Å². The summed E-state index contributed by atoms with van der Waals surface area (Å²) in [6.45, 7) is 4.69. The van der Waals surface area contributed by atoms with E-state index < -0.39 is 0 Å². The van der Waals surface area contributed by atoms with Gasteiger partial charge in [0.25, 0.3) is 0 Å². The monoisotopic (exact) mass is 290 g/mol. The molecule has 0 N–H and O–H groups in total. The van der Waals surface area contributed by atoms with Crippen molar-refractivity contribution in [3.8, 4) is 0 Å². The second-order valence-corrected chi connectivity index (χ2v) is 7.51. The number of rotatable bonds is 4. The molecule has 2 aromatic carbocycles. The van der Waals surface area contributed by atoms with Gasteiger partial charge in [0.15, 0.2) is 0 Å². The second kappa shape index (κ2) is 6.12. The maximum absolute atomic E-state index is 2.51. The van der Waals surface area contributed by atoms with Crippen molar-refractivity contribution in [1.29, 1.82) is 0 Å². The molecule has 22 heavy (non-hydrogen) atoms. The molecule has 0 bridgehead atoms. The fraction of sp³-hybridized carbons (Fsp3) is 0.364. The van der Waals surface area contributed by atoms with E-state index >= 15 is 0 Å². The maximum atomic E-state index is 2.51. The molecule has 0 unspecified atom stereocenters. The summed E-state index contributed by atoms with van der Waals surface area (Å²) >= 11 is 0. The van der Waals surface area contributed by atoms with E-state index in [1.807, 2.05) is 0 Å². The highest BCUT2D eigenvalue weighted by Crippen LogP contribution is 2.43. The van der Waals surface area contributed by atoms with Crippen LogP contribution in [0.1, 0.15) is 37.8 Å². The molecule has 0 heteroatoms. The molecule has 0 fully saturated rings. The van der Waals surface area contributed by atoms with Crippen molar-refractivity contribution in [2.24, 2.45) is 10.8 Å². The fourth-order valence-corrected chi connectivity index (χ4v) is 3.50. The van der Waals surface area contributed by atoms with Crippen LogP contribution >= 0.6 is 0 Å². The predicted octanol–water partition coefficient (Wildman–Crippen LogP) is 5.83. The molecule has 0 spiro atoms. The van der Waals surface area contributed by atoms with Crippen molar-refractivity contribution >= 4 is 0 Å². The smallest absolute Gasteiger partial charge is 0.00370 e. The molecule has 0 nitrogen and oxygen atoms in total. The summed E-state index contributed by atoms with van der Waals surface area (Å²) in [6, 6.07) is 21.9. The fourth-order valence-electron chi connectivity index (χ4n) is 3.50. The molecule has 114 valence electrons. The number of benzene rings is 2. The lowest BCUT2D eigenvalue weighted by atomic mass is 9.65. The molecule has 0 atom stereocenters. The molecule has 0 saturated carbocycles. The minimum absolute atomic E-state index is 0.262. The molecule has 1 aliphatic rings. The van der Waals surface area contributed by atoms with E-state index in [1.165, 1.54) is 24.0 Å². The van der Waals surface area contributed by atoms with E-state index in [1.54, 1.807) is 0 Å². The molecule has 0 aliphatic heterocycles. The Labute approximate surface area is 134 Å². The molecule has 0 heterocycles. The first-order chi connectivity index (χ1) is 10.6. The summed E-state index contributed by atoms with van der Waals surface area (Å²) in [5.41, 5.74) is 3.50. The van der Waals surface area contributed by atoms with Crippen LogP contribution in [0.4, 0.5) is 0 Å². The van der Waals surface area contributed by atoms with Crippen molar-refractivity contribution in [1.82, 2.24) is 0 Å². The van der Waals surface area contributed by atoms with Gasteiger partial charge in [-0.15, -0.1) is 0 Å². The van der Waals surface area contributed by atoms with Crippen LogP contribution in [0, 0.1) is 10.8 Å². The van der Waals surface area contributed by atoms with E-state index in [9.17, 15) is 0 Å². The summed E-state index contributed by atoms with van der Waals surface area (Å²) in [7, 11) is 0. The second-order valence-electron chi connectivity index (χ2n) is 7.51. The van der Waals surface area contributed by atoms with Crippen LogP contribution in [0.3, 0.4) is 0 Å². The van der Waals surface area contributed by atoms with Crippen molar-refractivity contribution < 1.29 is 0 Å². The third kappa shape index (κ3) is 3.68. The lowest BCUT2D eigenvalue weighted by Crippen LogP contribution is -2.30. The van der Waals surface area contributed by atoms with Gasteiger partial charge in [-0.3, -0.25) is 0 Å². The van der Waals surface area contributed by atoms with Gasteiger partial charge < -0.3 is 0 Å². The Bertz CT molecular complexity index is 578. The van der Waals surface area contributed by atoms with Gasteiger partial charge in [-0.25, -0.2) is 0 Å². The van der Waals surface area contributed by atoms with Gasteiger partial charge in [0.2, 0.25) is 0 Å². The molecule has 3 rings (SSSR count). The minimum Gasteiger partial charge on any atom is -0.0823 e. The molecule has 1 aliphatic carbocycles. The summed E-state index contributed by atoms with van der Waals surface area (Å²) in [6.07, 6.45) is 9.76. The van der Waals surface area contributed by atoms with Gasteiger partial charge in [-0.2, -0.15) is 0 Å². The summed E-state index contributed by atoms with van der Waals surface area (Å²) in [5, 5.41) is 0. The Balaban J connectivity index is 1.89. The molecule has 0 radical (unpaired) electrons. The topological polar surface area (TPSA) is 0 Å². The highest BCUT2D eigenvalue weighted by molar-refractivity contribution is 5.25. The minimum atomic E-state index is 0.262. The zero-order valence-corrected chi connectivity index (χ0v) is 13.8. The number of hydrogen-bond donors (Lipinski definition) is 0. The average molecular weight is 290 g/mol. The molecule has 2 aromatic rings.